The Kier molecular flexibility index (Phi) is 2.83. The average Bonchev–Trinajstić information content (AvgIpc) is 3.45. The summed E-state index contributed by atoms with van der Waals surface area (Å²) >= 11 is 0. The van der Waals surface area contributed by atoms with Gasteiger partial charge in [0, 0.05) is 21.5 Å². The first-order valence-electron chi connectivity index (χ1n) is 11.6. The second-order valence-electron chi connectivity index (χ2n) is 9.25. The zero-order valence-corrected chi connectivity index (χ0v) is 18.1. The monoisotopic (exact) mass is 432 g/mol. The van der Waals surface area contributed by atoms with Gasteiger partial charge in [0.1, 0.15) is 22.3 Å². The van der Waals surface area contributed by atoms with Crippen LogP contribution in [-0.2, 0) is 0 Å². The summed E-state index contributed by atoms with van der Waals surface area (Å²) in [6, 6.07) is 34.5. The maximum absolute atomic E-state index is 6.36. The molecule has 0 bridgehead atoms. The Morgan fingerprint density at radius 1 is 0.294 bits per heavy atom. The van der Waals surface area contributed by atoms with Crippen LogP contribution < -0.4 is 0 Å². The molecule has 0 spiro atoms. The summed E-state index contributed by atoms with van der Waals surface area (Å²) in [6.45, 7) is 0. The topological polar surface area (TPSA) is 26.3 Å². The van der Waals surface area contributed by atoms with Crippen molar-refractivity contribution in [3.63, 3.8) is 0 Å². The van der Waals surface area contributed by atoms with Gasteiger partial charge in [-0.2, -0.15) is 0 Å². The molecule has 156 valence electrons. The van der Waals surface area contributed by atoms with Crippen molar-refractivity contribution >= 4 is 87.0 Å². The van der Waals surface area contributed by atoms with Gasteiger partial charge in [0.25, 0.3) is 0 Å². The lowest BCUT2D eigenvalue weighted by molar-refractivity contribution is 0.669. The molecule has 7 aromatic carbocycles. The third kappa shape index (κ3) is 1.86. The lowest BCUT2D eigenvalue weighted by Gasteiger charge is -2.15. The van der Waals surface area contributed by atoms with Crippen molar-refractivity contribution in [2.24, 2.45) is 0 Å². The SMILES string of the molecule is c1ccc2c(c1)oc1cc3c4cc5oc6ccccc6c5c5cccc(c6cccc(c12)c63)c45. The van der Waals surface area contributed by atoms with E-state index in [0.717, 1.165) is 33.1 Å². The van der Waals surface area contributed by atoms with E-state index in [-0.39, 0.29) is 0 Å². The van der Waals surface area contributed by atoms with E-state index in [2.05, 4.69) is 84.9 Å². The molecule has 0 aliphatic heterocycles. The first-order chi connectivity index (χ1) is 16.9. The van der Waals surface area contributed by atoms with Gasteiger partial charge >= 0.3 is 0 Å². The quantitative estimate of drug-likeness (QED) is 0.176. The number of fused-ring (bicyclic) bond motifs is 10. The highest BCUT2D eigenvalue weighted by Crippen LogP contribution is 2.47. The van der Waals surface area contributed by atoms with Crippen LogP contribution in [0.5, 0.6) is 0 Å². The van der Waals surface area contributed by atoms with Crippen molar-refractivity contribution in [3.05, 3.63) is 97.1 Å². The first kappa shape index (κ1) is 17.0. The average molecular weight is 432 g/mol. The maximum Gasteiger partial charge on any atom is 0.136 e. The maximum atomic E-state index is 6.36. The van der Waals surface area contributed by atoms with Crippen molar-refractivity contribution < 1.29 is 8.83 Å². The van der Waals surface area contributed by atoms with Crippen LogP contribution in [0.1, 0.15) is 0 Å². The molecule has 0 amide bonds. The van der Waals surface area contributed by atoms with E-state index in [9.17, 15) is 0 Å². The largest absolute Gasteiger partial charge is 0.456 e. The van der Waals surface area contributed by atoms with Gasteiger partial charge in [-0.1, -0.05) is 72.8 Å². The fraction of sp³-hybridized carbons (Fsp3) is 0. The van der Waals surface area contributed by atoms with Gasteiger partial charge in [0.2, 0.25) is 0 Å². The number of hydrogen-bond donors (Lipinski definition) is 0. The van der Waals surface area contributed by atoms with E-state index in [0.29, 0.717) is 0 Å². The molecule has 34 heavy (non-hydrogen) atoms. The normalized spacial score (nSPS) is 12.7. The van der Waals surface area contributed by atoms with Crippen LogP contribution in [0.4, 0.5) is 0 Å². The van der Waals surface area contributed by atoms with Gasteiger partial charge in [-0.05, 0) is 67.4 Å². The van der Waals surface area contributed by atoms with Gasteiger partial charge in [0.05, 0.1) is 0 Å². The molecule has 0 fully saturated rings. The highest BCUT2D eigenvalue weighted by Gasteiger charge is 2.20. The second kappa shape index (κ2) is 5.67. The van der Waals surface area contributed by atoms with Crippen LogP contribution in [0.3, 0.4) is 0 Å². The Balaban J connectivity index is 1.65. The summed E-state index contributed by atoms with van der Waals surface area (Å²) in [7, 11) is 0. The Morgan fingerprint density at radius 2 is 0.706 bits per heavy atom. The summed E-state index contributed by atoms with van der Waals surface area (Å²) < 4.78 is 12.7. The zero-order chi connectivity index (χ0) is 22.0. The van der Waals surface area contributed by atoms with E-state index >= 15 is 0 Å². The van der Waals surface area contributed by atoms with Crippen molar-refractivity contribution in [1.29, 1.82) is 0 Å². The molecule has 2 heterocycles. The summed E-state index contributed by atoms with van der Waals surface area (Å²) in [5, 5.41) is 14.8. The molecule has 0 unspecified atom stereocenters. The number of benzene rings is 7. The van der Waals surface area contributed by atoms with Crippen molar-refractivity contribution in [3.8, 4) is 0 Å². The molecule has 2 aromatic heterocycles. The standard InChI is InChI=1S/C32H16O2/c1-3-13-25-19(7-1)31-21-11-5-9-17-18-10-6-12-22-30(18)24(23(29(17)21)15-27(31)33-25)16-28-32(22)20-8-2-4-14-26(20)34-28/h1-16H. The fourth-order valence-corrected chi connectivity index (χ4v) is 6.27. The Hall–Kier alpha value is -4.56. The third-order valence-electron chi connectivity index (χ3n) is 7.58. The predicted molar refractivity (Wildman–Crippen MR) is 142 cm³/mol. The highest BCUT2D eigenvalue weighted by atomic mass is 16.3. The van der Waals surface area contributed by atoms with Crippen molar-refractivity contribution in [2.45, 2.75) is 0 Å². The fourth-order valence-electron chi connectivity index (χ4n) is 6.27. The van der Waals surface area contributed by atoms with Gasteiger partial charge in [0.15, 0.2) is 0 Å². The minimum atomic E-state index is 0.927. The number of rotatable bonds is 0. The second-order valence-corrected chi connectivity index (χ2v) is 9.25. The molecular weight excluding hydrogens is 416 g/mol. The van der Waals surface area contributed by atoms with E-state index in [1.165, 1.54) is 53.9 Å². The van der Waals surface area contributed by atoms with Crippen LogP contribution in [-0.4, -0.2) is 0 Å². The van der Waals surface area contributed by atoms with Gasteiger partial charge in [-0.15, -0.1) is 0 Å². The Bertz CT molecular complexity index is 2110. The summed E-state index contributed by atoms with van der Waals surface area (Å²) in [5.41, 5.74) is 3.71. The lowest BCUT2D eigenvalue weighted by atomic mass is 9.87. The summed E-state index contributed by atoms with van der Waals surface area (Å²) in [4.78, 5) is 0. The smallest absolute Gasteiger partial charge is 0.136 e. The number of furan rings is 2. The third-order valence-corrected chi connectivity index (χ3v) is 7.58. The van der Waals surface area contributed by atoms with Crippen LogP contribution in [0, 0.1) is 0 Å². The molecular formula is C32H16O2. The minimum absolute atomic E-state index is 0.927. The molecule has 2 heteroatoms. The van der Waals surface area contributed by atoms with E-state index in [1.807, 2.05) is 12.1 Å². The van der Waals surface area contributed by atoms with Crippen LogP contribution in [0.2, 0.25) is 0 Å². The molecule has 0 N–H and O–H groups in total. The van der Waals surface area contributed by atoms with E-state index < -0.39 is 0 Å². The molecule has 2 nitrogen and oxygen atoms in total. The lowest BCUT2D eigenvalue weighted by Crippen LogP contribution is -1.88. The van der Waals surface area contributed by atoms with E-state index in [4.69, 9.17) is 8.83 Å². The van der Waals surface area contributed by atoms with Crippen molar-refractivity contribution in [1.82, 2.24) is 0 Å². The molecule has 0 radical (unpaired) electrons. The first-order valence-corrected chi connectivity index (χ1v) is 11.6. The highest BCUT2D eigenvalue weighted by molar-refractivity contribution is 6.40. The molecule has 9 aromatic rings. The van der Waals surface area contributed by atoms with Gasteiger partial charge < -0.3 is 8.83 Å². The van der Waals surface area contributed by atoms with Gasteiger partial charge in [-0.3, -0.25) is 0 Å². The molecule has 9 rings (SSSR count). The van der Waals surface area contributed by atoms with Gasteiger partial charge in [-0.25, -0.2) is 0 Å². The predicted octanol–water partition coefficient (Wildman–Crippen LogP) is 9.54. The van der Waals surface area contributed by atoms with Crippen LogP contribution in [0.15, 0.2) is 106 Å². The minimum Gasteiger partial charge on any atom is -0.456 e. The van der Waals surface area contributed by atoms with E-state index in [1.54, 1.807) is 0 Å². The van der Waals surface area contributed by atoms with Crippen molar-refractivity contribution in [2.75, 3.05) is 0 Å². The zero-order valence-electron chi connectivity index (χ0n) is 18.1. The Labute approximate surface area is 192 Å². The van der Waals surface area contributed by atoms with Crippen LogP contribution in [0.25, 0.3) is 87.0 Å². The summed E-state index contributed by atoms with van der Waals surface area (Å²) in [5.74, 6) is 0. The number of hydrogen-bond acceptors (Lipinski definition) is 2. The number of para-hydroxylation sites is 2. The molecule has 0 saturated carbocycles. The molecule has 0 saturated heterocycles. The molecule has 0 atom stereocenters. The summed E-state index contributed by atoms with van der Waals surface area (Å²) in [6.07, 6.45) is 0. The Morgan fingerprint density at radius 3 is 1.21 bits per heavy atom. The molecule has 0 aliphatic rings. The van der Waals surface area contributed by atoms with Crippen LogP contribution >= 0.6 is 0 Å². The molecule has 0 aliphatic carbocycles.